The smallest absolute Gasteiger partial charge is 0.410 e. The average Bonchev–Trinajstić information content (AvgIpc) is 3.29. The second-order valence-electron chi connectivity index (χ2n) is 9.65. The second kappa shape index (κ2) is 10.2. The number of piperidine rings is 1. The van der Waals surface area contributed by atoms with Crippen molar-refractivity contribution in [2.75, 3.05) is 31.1 Å². The van der Waals surface area contributed by atoms with Crippen molar-refractivity contribution in [1.29, 1.82) is 5.26 Å². The predicted molar refractivity (Wildman–Crippen MR) is 139 cm³/mol. The molecule has 2 saturated heterocycles. The van der Waals surface area contributed by atoms with Gasteiger partial charge in [0.2, 0.25) is 0 Å². The minimum Gasteiger partial charge on any atom is -0.446 e. The van der Waals surface area contributed by atoms with Gasteiger partial charge in [-0.3, -0.25) is 9.80 Å². The van der Waals surface area contributed by atoms with Gasteiger partial charge in [0.05, 0.1) is 33.9 Å². The van der Waals surface area contributed by atoms with Crippen molar-refractivity contribution in [3.8, 4) is 6.07 Å². The molecule has 2 atom stereocenters. The van der Waals surface area contributed by atoms with E-state index in [1.807, 2.05) is 23.1 Å². The van der Waals surface area contributed by atoms with Crippen LogP contribution in [-0.4, -0.2) is 65.2 Å². The van der Waals surface area contributed by atoms with E-state index in [1.54, 1.807) is 17.4 Å². The van der Waals surface area contributed by atoms with Crippen LogP contribution in [0.5, 0.6) is 0 Å². The van der Waals surface area contributed by atoms with E-state index in [2.05, 4.69) is 54.0 Å². The number of anilines is 1. The largest absolute Gasteiger partial charge is 0.446 e. The van der Waals surface area contributed by atoms with Gasteiger partial charge >= 0.3 is 6.09 Å². The molecule has 2 fully saturated rings. The summed E-state index contributed by atoms with van der Waals surface area (Å²) in [7, 11) is 0. The summed E-state index contributed by atoms with van der Waals surface area (Å²) in [4.78, 5) is 24.5. The Morgan fingerprint density at radius 1 is 1.11 bits per heavy atom. The third kappa shape index (κ3) is 5.26. The third-order valence-electron chi connectivity index (χ3n) is 6.96. The van der Waals surface area contributed by atoms with E-state index in [0.717, 1.165) is 47.8 Å². The molecule has 0 N–H and O–H groups in total. The van der Waals surface area contributed by atoms with Gasteiger partial charge in [-0.25, -0.2) is 9.78 Å². The van der Waals surface area contributed by atoms with Gasteiger partial charge in [-0.05, 0) is 50.5 Å². The maximum Gasteiger partial charge on any atom is 0.410 e. The van der Waals surface area contributed by atoms with E-state index in [4.69, 9.17) is 15.0 Å². The standard InChI is InChI=1S/C27H31N5O2S/c1-19-16-31(26-29-24-9-8-22(15-28)14-25(24)35-26)17-20(2)32(19)27(33)34-23-10-12-30(13-11-23)18-21-6-4-3-5-7-21/h3-9,14,19-20,23H,10-13,16-18H2,1-2H3/t19-,20+. The first kappa shape index (κ1) is 23.6. The highest BCUT2D eigenvalue weighted by molar-refractivity contribution is 7.22. The number of rotatable bonds is 4. The van der Waals surface area contributed by atoms with E-state index < -0.39 is 0 Å². The zero-order chi connectivity index (χ0) is 24.4. The number of amides is 1. The lowest BCUT2D eigenvalue weighted by Gasteiger charge is -2.44. The Morgan fingerprint density at radius 2 is 1.83 bits per heavy atom. The lowest BCUT2D eigenvalue weighted by Crippen LogP contribution is -2.59. The molecule has 0 spiro atoms. The van der Waals surface area contributed by atoms with Crippen LogP contribution in [0.15, 0.2) is 48.5 Å². The lowest BCUT2D eigenvalue weighted by molar-refractivity contribution is 0.0101. The van der Waals surface area contributed by atoms with Gasteiger partial charge in [0.15, 0.2) is 5.13 Å². The fourth-order valence-electron chi connectivity index (χ4n) is 5.19. The molecule has 0 bridgehead atoms. The monoisotopic (exact) mass is 489 g/mol. The summed E-state index contributed by atoms with van der Waals surface area (Å²) in [5.41, 5.74) is 2.87. The number of piperazine rings is 1. The molecule has 8 heteroatoms. The van der Waals surface area contributed by atoms with Gasteiger partial charge in [-0.15, -0.1) is 0 Å². The van der Waals surface area contributed by atoms with Crippen LogP contribution >= 0.6 is 11.3 Å². The molecular weight excluding hydrogens is 458 g/mol. The van der Waals surface area contributed by atoms with Crippen molar-refractivity contribution in [3.05, 3.63) is 59.7 Å². The van der Waals surface area contributed by atoms with Crippen molar-refractivity contribution < 1.29 is 9.53 Å². The van der Waals surface area contributed by atoms with Crippen molar-refractivity contribution >= 4 is 32.8 Å². The van der Waals surface area contributed by atoms with Crippen LogP contribution in [0.2, 0.25) is 0 Å². The number of ether oxygens (including phenoxy) is 1. The van der Waals surface area contributed by atoms with E-state index >= 15 is 0 Å². The van der Waals surface area contributed by atoms with Gasteiger partial charge in [-0.2, -0.15) is 5.26 Å². The SMILES string of the molecule is C[C@@H]1CN(c2nc3ccc(C#N)cc3s2)C[C@H](C)N1C(=O)OC1CCN(Cc2ccccc2)CC1. The number of thiazole rings is 1. The Morgan fingerprint density at radius 3 is 2.51 bits per heavy atom. The molecule has 5 rings (SSSR count). The number of fused-ring (bicyclic) bond motifs is 1. The van der Waals surface area contributed by atoms with Gasteiger partial charge in [0, 0.05) is 32.7 Å². The van der Waals surface area contributed by atoms with Crippen molar-refractivity contribution in [1.82, 2.24) is 14.8 Å². The zero-order valence-electron chi connectivity index (χ0n) is 20.3. The molecule has 0 radical (unpaired) electrons. The summed E-state index contributed by atoms with van der Waals surface area (Å²) in [6.07, 6.45) is 1.52. The van der Waals surface area contributed by atoms with Crippen LogP contribution in [0.4, 0.5) is 9.93 Å². The number of nitriles is 1. The first-order valence-electron chi connectivity index (χ1n) is 12.3. The number of benzene rings is 2. The van der Waals surface area contributed by atoms with Gasteiger partial charge in [0.1, 0.15) is 6.10 Å². The Hall–Kier alpha value is -3.15. The van der Waals surface area contributed by atoms with Crippen molar-refractivity contribution in [2.45, 2.75) is 51.4 Å². The van der Waals surface area contributed by atoms with Gasteiger partial charge in [-0.1, -0.05) is 41.7 Å². The Labute approximate surface area is 210 Å². The molecular formula is C27H31N5O2S. The maximum absolute atomic E-state index is 13.1. The summed E-state index contributed by atoms with van der Waals surface area (Å²) < 4.78 is 7.00. The lowest BCUT2D eigenvalue weighted by atomic mass is 10.1. The van der Waals surface area contributed by atoms with Crippen LogP contribution in [-0.2, 0) is 11.3 Å². The van der Waals surface area contributed by atoms with Crippen molar-refractivity contribution in [3.63, 3.8) is 0 Å². The highest BCUT2D eigenvalue weighted by Gasteiger charge is 2.36. The minimum atomic E-state index is -0.200. The molecule has 2 aliphatic heterocycles. The molecule has 1 amide bonds. The molecule has 7 nitrogen and oxygen atoms in total. The fraction of sp³-hybridized carbons (Fsp3) is 0.444. The normalized spacial score (nSPS) is 21.7. The van der Waals surface area contributed by atoms with Crippen LogP contribution in [0, 0.1) is 11.3 Å². The van der Waals surface area contributed by atoms with Crippen LogP contribution in [0.3, 0.4) is 0 Å². The van der Waals surface area contributed by atoms with E-state index in [1.165, 1.54) is 5.56 Å². The van der Waals surface area contributed by atoms with Gasteiger partial charge in [0.25, 0.3) is 0 Å². The van der Waals surface area contributed by atoms with E-state index in [-0.39, 0.29) is 24.3 Å². The molecule has 2 aromatic carbocycles. The number of hydrogen-bond acceptors (Lipinski definition) is 7. The molecule has 3 heterocycles. The summed E-state index contributed by atoms with van der Waals surface area (Å²) in [5, 5.41) is 10.1. The first-order valence-corrected chi connectivity index (χ1v) is 13.1. The number of carbonyl (C=O) groups excluding carboxylic acids is 1. The molecule has 0 aliphatic carbocycles. The summed E-state index contributed by atoms with van der Waals surface area (Å²) in [6.45, 7) is 8.40. The van der Waals surface area contributed by atoms with Crippen molar-refractivity contribution in [2.24, 2.45) is 0 Å². The first-order chi connectivity index (χ1) is 17.0. The molecule has 35 heavy (non-hydrogen) atoms. The molecule has 0 saturated carbocycles. The summed E-state index contributed by atoms with van der Waals surface area (Å²) >= 11 is 1.60. The van der Waals surface area contributed by atoms with Crippen LogP contribution in [0.1, 0.15) is 37.8 Å². The number of likely N-dealkylation sites (tertiary alicyclic amines) is 1. The zero-order valence-corrected chi connectivity index (χ0v) is 21.1. The average molecular weight is 490 g/mol. The fourth-order valence-corrected chi connectivity index (χ4v) is 6.21. The highest BCUT2D eigenvalue weighted by Crippen LogP contribution is 2.32. The van der Waals surface area contributed by atoms with Crippen LogP contribution in [0.25, 0.3) is 10.2 Å². The molecule has 0 unspecified atom stereocenters. The number of carbonyl (C=O) groups is 1. The molecule has 1 aromatic heterocycles. The second-order valence-corrected chi connectivity index (χ2v) is 10.7. The number of aromatic nitrogens is 1. The number of hydrogen-bond donors (Lipinski definition) is 0. The Bertz CT molecular complexity index is 1200. The van der Waals surface area contributed by atoms with Gasteiger partial charge < -0.3 is 9.64 Å². The summed E-state index contributed by atoms with van der Waals surface area (Å²) in [5.74, 6) is 0. The predicted octanol–water partition coefficient (Wildman–Crippen LogP) is 4.87. The molecule has 2 aliphatic rings. The highest BCUT2D eigenvalue weighted by atomic mass is 32.1. The van der Waals surface area contributed by atoms with E-state index in [0.29, 0.717) is 18.7 Å². The van der Waals surface area contributed by atoms with Crippen LogP contribution < -0.4 is 4.90 Å². The Balaban J connectivity index is 1.16. The topological polar surface area (TPSA) is 72.7 Å². The Kier molecular flexibility index (Phi) is 6.89. The molecule has 3 aromatic rings. The quantitative estimate of drug-likeness (QED) is 0.521. The summed E-state index contributed by atoms with van der Waals surface area (Å²) in [6, 6.07) is 18.3. The maximum atomic E-state index is 13.1. The third-order valence-corrected chi connectivity index (χ3v) is 8.04. The molecule has 182 valence electrons. The number of nitrogens with zero attached hydrogens (tertiary/aromatic N) is 5. The van der Waals surface area contributed by atoms with E-state index in [9.17, 15) is 4.79 Å². The minimum absolute atomic E-state index is 0.0195.